The summed E-state index contributed by atoms with van der Waals surface area (Å²) in [6.07, 6.45) is 1.50. The molecule has 0 aliphatic rings. The van der Waals surface area contributed by atoms with Crippen LogP contribution >= 0.6 is 11.6 Å². The molecule has 1 heterocycles. The minimum atomic E-state index is 0.512. The molecule has 0 saturated carbocycles. The van der Waals surface area contributed by atoms with Gasteiger partial charge in [0, 0.05) is 0 Å². The molecule has 5 heteroatoms. The maximum Gasteiger partial charge on any atom is 0.142 e. The number of nitrogens with two attached hydrogens (primary N) is 1. The van der Waals surface area contributed by atoms with Crippen LogP contribution in [0.15, 0.2) is 35.4 Å². The third kappa shape index (κ3) is 1.79. The van der Waals surface area contributed by atoms with Gasteiger partial charge in [-0.15, -0.1) is 0 Å². The molecule has 2 N–H and O–H groups in total. The van der Waals surface area contributed by atoms with E-state index >= 15 is 0 Å². The van der Waals surface area contributed by atoms with Gasteiger partial charge >= 0.3 is 0 Å². The van der Waals surface area contributed by atoms with Crippen molar-refractivity contribution in [3.05, 3.63) is 46.7 Å². The van der Waals surface area contributed by atoms with Gasteiger partial charge < -0.3 is 5.84 Å². The van der Waals surface area contributed by atoms with Crippen LogP contribution < -0.4 is 5.84 Å². The van der Waals surface area contributed by atoms with Gasteiger partial charge in [0.1, 0.15) is 5.15 Å². The molecule has 0 amide bonds. The molecule has 0 unspecified atom stereocenters. The van der Waals surface area contributed by atoms with Crippen molar-refractivity contribution < 1.29 is 0 Å². The van der Waals surface area contributed by atoms with Gasteiger partial charge in [-0.2, -0.15) is 10.2 Å². The Balaban J connectivity index is 2.56. The average Bonchev–Trinajstić information content (AvgIpc) is 2.59. The Bertz CT molecular complexity index is 516. The van der Waals surface area contributed by atoms with Gasteiger partial charge in [-0.3, -0.25) is 0 Å². The van der Waals surface area contributed by atoms with E-state index in [1.165, 1.54) is 6.21 Å². The molecule has 0 aliphatic carbocycles. The fraction of sp³-hybridized carbons (Fsp3) is 0.0909. The van der Waals surface area contributed by atoms with E-state index in [0.717, 1.165) is 16.9 Å². The Labute approximate surface area is 98.3 Å². The van der Waals surface area contributed by atoms with Crippen LogP contribution in [0, 0.1) is 6.92 Å². The predicted octanol–water partition coefficient (Wildman–Crippen LogP) is 2.13. The van der Waals surface area contributed by atoms with Crippen molar-refractivity contribution in [1.29, 1.82) is 0 Å². The zero-order valence-corrected chi connectivity index (χ0v) is 9.52. The SMILES string of the molecule is Cc1nn(-c2ccccc2)c(Cl)c1C=NN. The summed E-state index contributed by atoms with van der Waals surface area (Å²) in [5.41, 5.74) is 2.45. The molecule has 4 nitrogen and oxygen atoms in total. The van der Waals surface area contributed by atoms with Crippen LogP contribution in [-0.4, -0.2) is 16.0 Å². The van der Waals surface area contributed by atoms with Crippen molar-refractivity contribution in [1.82, 2.24) is 9.78 Å². The number of aryl methyl sites for hydroxylation is 1. The highest BCUT2D eigenvalue weighted by Crippen LogP contribution is 2.21. The molecule has 2 aromatic rings. The van der Waals surface area contributed by atoms with E-state index in [1.807, 2.05) is 37.3 Å². The lowest BCUT2D eigenvalue weighted by atomic mass is 10.3. The molecular weight excluding hydrogens is 224 g/mol. The summed E-state index contributed by atoms with van der Waals surface area (Å²) in [6.45, 7) is 1.86. The van der Waals surface area contributed by atoms with Gasteiger partial charge in [0.05, 0.1) is 23.2 Å². The summed E-state index contributed by atoms with van der Waals surface area (Å²) in [5, 5.41) is 8.32. The van der Waals surface area contributed by atoms with Crippen LogP contribution in [0.25, 0.3) is 5.69 Å². The topological polar surface area (TPSA) is 56.2 Å². The number of rotatable bonds is 2. The van der Waals surface area contributed by atoms with Crippen LogP contribution in [-0.2, 0) is 0 Å². The summed E-state index contributed by atoms with van der Waals surface area (Å²) in [4.78, 5) is 0. The van der Waals surface area contributed by atoms with Crippen molar-refractivity contribution in [3.63, 3.8) is 0 Å². The maximum atomic E-state index is 6.20. The fourth-order valence-electron chi connectivity index (χ4n) is 1.47. The van der Waals surface area contributed by atoms with E-state index in [9.17, 15) is 0 Å². The van der Waals surface area contributed by atoms with E-state index < -0.39 is 0 Å². The van der Waals surface area contributed by atoms with Crippen molar-refractivity contribution in [2.45, 2.75) is 6.92 Å². The number of para-hydroxylation sites is 1. The van der Waals surface area contributed by atoms with Crippen LogP contribution in [0.5, 0.6) is 0 Å². The van der Waals surface area contributed by atoms with Gasteiger partial charge in [-0.1, -0.05) is 29.8 Å². The van der Waals surface area contributed by atoms with Crippen LogP contribution in [0.1, 0.15) is 11.3 Å². The highest BCUT2D eigenvalue weighted by atomic mass is 35.5. The second-order valence-corrected chi connectivity index (χ2v) is 3.67. The number of hydrazone groups is 1. The van der Waals surface area contributed by atoms with E-state index in [0.29, 0.717) is 5.15 Å². The average molecular weight is 235 g/mol. The minimum Gasteiger partial charge on any atom is -0.323 e. The number of hydrogen-bond donors (Lipinski definition) is 1. The molecule has 0 saturated heterocycles. The van der Waals surface area contributed by atoms with E-state index in [-0.39, 0.29) is 0 Å². The van der Waals surface area contributed by atoms with Crippen LogP contribution in [0.2, 0.25) is 5.15 Å². The van der Waals surface area contributed by atoms with Crippen molar-refractivity contribution in [2.24, 2.45) is 10.9 Å². The lowest BCUT2D eigenvalue weighted by Crippen LogP contribution is -1.96. The van der Waals surface area contributed by atoms with Crippen molar-refractivity contribution in [2.75, 3.05) is 0 Å². The molecule has 0 spiro atoms. The van der Waals surface area contributed by atoms with Gasteiger partial charge in [-0.05, 0) is 19.1 Å². The zero-order valence-electron chi connectivity index (χ0n) is 8.76. The van der Waals surface area contributed by atoms with E-state index in [1.54, 1.807) is 4.68 Å². The number of aromatic nitrogens is 2. The molecular formula is C11H11ClN4. The normalized spacial score (nSPS) is 11.1. The minimum absolute atomic E-state index is 0.512. The molecule has 16 heavy (non-hydrogen) atoms. The summed E-state index contributed by atoms with van der Waals surface area (Å²) in [7, 11) is 0. The van der Waals surface area contributed by atoms with Crippen LogP contribution in [0.3, 0.4) is 0 Å². The van der Waals surface area contributed by atoms with Gasteiger partial charge in [0.2, 0.25) is 0 Å². The first-order chi connectivity index (χ1) is 7.74. The monoisotopic (exact) mass is 234 g/mol. The largest absolute Gasteiger partial charge is 0.323 e. The molecule has 0 aliphatic heterocycles. The molecule has 0 atom stereocenters. The molecule has 0 bridgehead atoms. The first-order valence-electron chi connectivity index (χ1n) is 4.78. The van der Waals surface area contributed by atoms with Crippen molar-refractivity contribution >= 4 is 17.8 Å². The number of hydrogen-bond acceptors (Lipinski definition) is 3. The number of nitrogens with zero attached hydrogens (tertiary/aromatic N) is 3. The lowest BCUT2D eigenvalue weighted by Gasteiger charge is -2.01. The molecule has 2 rings (SSSR count). The zero-order chi connectivity index (χ0) is 11.5. The van der Waals surface area contributed by atoms with Crippen molar-refractivity contribution in [3.8, 4) is 5.69 Å². The van der Waals surface area contributed by atoms with E-state index in [2.05, 4.69) is 10.2 Å². The number of benzene rings is 1. The highest BCUT2D eigenvalue weighted by Gasteiger charge is 2.12. The Hall–Kier alpha value is -1.81. The smallest absolute Gasteiger partial charge is 0.142 e. The third-order valence-corrected chi connectivity index (χ3v) is 2.62. The van der Waals surface area contributed by atoms with E-state index in [4.69, 9.17) is 17.4 Å². The Kier molecular flexibility index (Phi) is 2.92. The standard InChI is InChI=1S/C11H11ClN4/c1-8-10(7-14-13)11(12)16(15-8)9-5-3-2-4-6-9/h2-7H,13H2,1H3. The van der Waals surface area contributed by atoms with Gasteiger partial charge in [-0.25, -0.2) is 4.68 Å². The van der Waals surface area contributed by atoms with Gasteiger partial charge in [0.15, 0.2) is 0 Å². The Morgan fingerprint density at radius 2 is 2.06 bits per heavy atom. The third-order valence-electron chi connectivity index (χ3n) is 2.25. The molecule has 0 fully saturated rings. The molecule has 82 valence electrons. The van der Waals surface area contributed by atoms with Crippen LogP contribution in [0.4, 0.5) is 0 Å². The number of halogens is 1. The van der Waals surface area contributed by atoms with Gasteiger partial charge in [0.25, 0.3) is 0 Å². The second kappa shape index (κ2) is 4.37. The molecule has 1 aromatic carbocycles. The second-order valence-electron chi connectivity index (χ2n) is 3.32. The lowest BCUT2D eigenvalue weighted by molar-refractivity contribution is 0.863. The summed E-state index contributed by atoms with van der Waals surface area (Å²) in [6, 6.07) is 9.66. The maximum absolute atomic E-state index is 6.20. The molecule has 1 aromatic heterocycles. The quantitative estimate of drug-likeness (QED) is 0.492. The Morgan fingerprint density at radius 1 is 1.38 bits per heavy atom. The first-order valence-corrected chi connectivity index (χ1v) is 5.15. The summed E-state index contributed by atoms with van der Waals surface area (Å²) < 4.78 is 1.66. The molecule has 0 radical (unpaired) electrons. The highest BCUT2D eigenvalue weighted by molar-refractivity contribution is 6.32. The summed E-state index contributed by atoms with van der Waals surface area (Å²) in [5.74, 6) is 5.12. The fourth-order valence-corrected chi connectivity index (χ4v) is 1.79. The Morgan fingerprint density at radius 3 is 2.69 bits per heavy atom. The summed E-state index contributed by atoms with van der Waals surface area (Å²) >= 11 is 6.20. The predicted molar refractivity (Wildman–Crippen MR) is 65.1 cm³/mol. The first kappa shape index (κ1) is 10.7.